The molecule has 2 N–H and O–H groups in total. The Morgan fingerprint density at radius 3 is 2.33 bits per heavy atom. The second-order valence-corrected chi connectivity index (χ2v) is 7.08. The van der Waals surface area contributed by atoms with Crippen molar-refractivity contribution in [3.8, 4) is 0 Å². The van der Waals surface area contributed by atoms with E-state index in [4.69, 9.17) is 0 Å². The molecule has 0 amide bonds. The van der Waals surface area contributed by atoms with Crippen LogP contribution >= 0.6 is 11.8 Å². The molecular formula is C15H29N5S. The molecular weight excluding hydrogens is 282 g/mol. The summed E-state index contributed by atoms with van der Waals surface area (Å²) in [5.41, 5.74) is 0.185. The van der Waals surface area contributed by atoms with Crippen molar-refractivity contribution in [2.45, 2.75) is 32.3 Å². The number of hydrogen-bond acceptors (Lipinski definition) is 6. The predicted molar refractivity (Wildman–Crippen MR) is 93.4 cm³/mol. The normalized spacial score (nSPS) is 11.8. The summed E-state index contributed by atoms with van der Waals surface area (Å²) >= 11 is 1.56. The standard InChI is InChI=1S/C15H29N5S/c1-7-8-16-12-9-13(19-14(18-12)21-6)17-10-15(2,3)11-20(4)5/h9H,7-8,10-11H2,1-6H3,(H2,16,17,18,19). The minimum absolute atomic E-state index is 0.185. The summed E-state index contributed by atoms with van der Waals surface area (Å²) in [7, 11) is 4.20. The van der Waals surface area contributed by atoms with E-state index in [1.165, 1.54) is 0 Å². The molecule has 0 unspecified atom stereocenters. The van der Waals surface area contributed by atoms with E-state index in [9.17, 15) is 0 Å². The van der Waals surface area contributed by atoms with Crippen molar-refractivity contribution in [2.75, 3.05) is 50.6 Å². The van der Waals surface area contributed by atoms with E-state index in [0.717, 1.165) is 42.8 Å². The van der Waals surface area contributed by atoms with Gasteiger partial charge in [-0.1, -0.05) is 32.5 Å². The SMILES string of the molecule is CCCNc1cc(NCC(C)(C)CN(C)C)nc(SC)n1. The first-order valence-electron chi connectivity index (χ1n) is 7.42. The average molecular weight is 311 g/mol. The van der Waals surface area contributed by atoms with Gasteiger partial charge in [-0.2, -0.15) is 0 Å². The minimum atomic E-state index is 0.185. The van der Waals surface area contributed by atoms with Crippen LogP contribution in [0.2, 0.25) is 0 Å². The van der Waals surface area contributed by atoms with E-state index in [2.05, 4.69) is 60.4 Å². The molecule has 0 aromatic carbocycles. The van der Waals surface area contributed by atoms with Crippen LogP contribution in [-0.4, -0.2) is 54.9 Å². The monoisotopic (exact) mass is 311 g/mol. The predicted octanol–water partition coefficient (Wildman–Crippen LogP) is 3.02. The van der Waals surface area contributed by atoms with Crippen molar-refractivity contribution in [2.24, 2.45) is 5.41 Å². The highest BCUT2D eigenvalue weighted by Crippen LogP contribution is 2.20. The van der Waals surface area contributed by atoms with Gasteiger partial charge in [0.1, 0.15) is 11.6 Å². The molecule has 0 bridgehead atoms. The number of nitrogens with zero attached hydrogens (tertiary/aromatic N) is 3. The Hall–Kier alpha value is -1.01. The zero-order valence-electron chi connectivity index (χ0n) is 14.2. The number of anilines is 2. The summed E-state index contributed by atoms with van der Waals surface area (Å²) < 4.78 is 0. The van der Waals surface area contributed by atoms with E-state index in [-0.39, 0.29) is 5.41 Å². The fourth-order valence-electron chi connectivity index (χ4n) is 2.19. The van der Waals surface area contributed by atoms with E-state index < -0.39 is 0 Å². The van der Waals surface area contributed by atoms with E-state index in [1.54, 1.807) is 11.8 Å². The summed E-state index contributed by atoms with van der Waals surface area (Å²) in [4.78, 5) is 11.2. The third kappa shape index (κ3) is 7.00. The largest absolute Gasteiger partial charge is 0.370 e. The topological polar surface area (TPSA) is 53.1 Å². The first-order chi connectivity index (χ1) is 9.86. The summed E-state index contributed by atoms with van der Waals surface area (Å²) in [5.74, 6) is 1.78. The number of thioether (sulfide) groups is 1. The van der Waals surface area contributed by atoms with Crippen molar-refractivity contribution in [1.29, 1.82) is 0 Å². The molecule has 0 aliphatic heterocycles. The van der Waals surface area contributed by atoms with E-state index in [0.29, 0.717) is 0 Å². The molecule has 0 fully saturated rings. The van der Waals surface area contributed by atoms with Gasteiger partial charge in [-0.05, 0) is 32.2 Å². The molecule has 0 saturated carbocycles. The number of hydrogen-bond donors (Lipinski definition) is 2. The van der Waals surface area contributed by atoms with Crippen LogP contribution in [0.5, 0.6) is 0 Å². The van der Waals surface area contributed by atoms with Gasteiger partial charge in [0, 0.05) is 25.7 Å². The van der Waals surface area contributed by atoms with Gasteiger partial charge in [-0.3, -0.25) is 0 Å². The summed E-state index contributed by atoms with van der Waals surface area (Å²) in [6.45, 7) is 9.49. The molecule has 6 heteroatoms. The zero-order chi connectivity index (χ0) is 15.9. The Kier molecular flexibility index (Phi) is 7.25. The van der Waals surface area contributed by atoms with Crippen LogP contribution in [0.4, 0.5) is 11.6 Å². The lowest BCUT2D eigenvalue weighted by Crippen LogP contribution is -2.34. The van der Waals surface area contributed by atoms with Crippen LogP contribution in [0, 0.1) is 5.41 Å². The molecule has 0 radical (unpaired) electrons. The van der Waals surface area contributed by atoms with Gasteiger partial charge in [-0.15, -0.1) is 0 Å². The van der Waals surface area contributed by atoms with Crippen LogP contribution in [0.3, 0.4) is 0 Å². The molecule has 0 saturated heterocycles. The molecule has 5 nitrogen and oxygen atoms in total. The Morgan fingerprint density at radius 2 is 1.81 bits per heavy atom. The van der Waals surface area contributed by atoms with Crippen LogP contribution in [0.15, 0.2) is 11.2 Å². The van der Waals surface area contributed by atoms with Crippen molar-refractivity contribution in [1.82, 2.24) is 14.9 Å². The van der Waals surface area contributed by atoms with Crippen LogP contribution in [0.25, 0.3) is 0 Å². The zero-order valence-corrected chi connectivity index (χ0v) is 15.0. The van der Waals surface area contributed by atoms with Crippen LogP contribution in [0.1, 0.15) is 27.2 Å². The molecule has 1 aromatic rings. The molecule has 0 spiro atoms. The summed E-state index contributed by atoms with van der Waals surface area (Å²) in [6.07, 6.45) is 3.08. The summed E-state index contributed by atoms with van der Waals surface area (Å²) in [6, 6.07) is 1.99. The maximum Gasteiger partial charge on any atom is 0.191 e. The van der Waals surface area contributed by atoms with Gasteiger partial charge in [0.15, 0.2) is 5.16 Å². The second-order valence-electron chi connectivity index (χ2n) is 6.31. The Morgan fingerprint density at radius 1 is 1.19 bits per heavy atom. The third-order valence-electron chi connectivity index (χ3n) is 2.94. The molecule has 0 aliphatic carbocycles. The van der Waals surface area contributed by atoms with Crippen molar-refractivity contribution in [3.05, 3.63) is 6.07 Å². The molecule has 120 valence electrons. The number of rotatable bonds is 9. The molecule has 0 atom stereocenters. The van der Waals surface area contributed by atoms with Crippen molar-refractivity contribution < 1.29 is 0 Å². The number of nitrogens with one attached hydrogen (secondary N) is 2. The lowest BCUT2D eigenvalue weighted by molar-refractivity contribution is 0.254. The van der Waals surface area contributed by atoms with E-state index in [1.807, 2.05) is 12.3 Å². The van der Waals surface area contributed by atoms with Gasteiger partial charge in [0.2, 0.25) is 0 Å². The van der Waals surface area contributed by atoms with Gasteiger partial charge >= 0.3 is 0 Å². The van der Waals surface area contributed by atoms with Gasteiger partial charge in [0.05, 0.1) is 0 Å². The van der Waals surface area contributed by atoms with Crippen LogP contribution in [-0.2, 0) is 0 Å². The van der Waals surface area contributed by atoms with Crippen LogP contribution < -0.4 is 10.6 Å². The Bertz CT molecular complexity index is 434. The van der Waals surface area contributed by atoms with Gasteiger partial charge < -0.3 is 15.5 Å². The third-order valence-corrected chi connectivity index (χ3v) is 3.48. The first-order valence-corrected chi connectivity index (χ1v) is 8.64. The highest BCUT2D eigenvalue weighted by molar-refractivity contribution is 7.98. The molecule has 0 aliphatic rings. The molecule has 1 aromatic heterocycles. The molecule has 1 heterocycles. The van der Waals surface area contributed by atoms with Gasteiger partial charge in [0.25, 0.3) is 0 Å². The van der Waals surface area contributed by atoms with Crippen molar-refractivity contribution in [3.63, 3.8) is 0 Å². The Balaban J connectivity index is 2.73. The van der Waals surface area contributed by atoms with Crippen molar-refractivity contribution >= 4 is 23.4 Å². The highest BCUT2D eigenvalue weighted by Gasteiger charge is 2.19. The fraction of sp³-hybridized carbons (Fsp3) is 0.733. The Labute approximate surface area is 133 Å². The van der Waals surface area contributed by atoms with E-state index >= 15 is 0 Å². The lowest BCUT2D eigenvalue weighted by atomic mass is 9.93. The van der Waals surface area contributed by atoms with Gasteiger partial charge in [-0.25, -0.2) is 9.97 Å². The maximum absolute atomic E-state index is 4.53. The summed E-state index contributed by atoms with van der Waals surface area (Å²) in [5, 5.41) is 7.57. The minimum Gasteiger partial charge on any atom is -0.370 e. The highest BCUT2D eigenvalue weighted by atomic mass is 32.2. The second kappa shape index (κ2) is 8.44. The average Bonchev–Trinajstić information content (AvgIpc) is 2.41. The lowest BCUT2D eigenvalue weighted by Gasteiger charge is -2.28. The fourth-order valence-corrected chi connectivity index (χ4v) is 2.57. The quantitative estimate of drug-likeness (QED) is 0.540. The maximum atomic E-state index is 4.53. The smallest absolute Gasteiger partial charge is 0.191 e. The number of aromatic nitrogens is 2. The first kappa shape index (κ1) is 18.0. The molecule has 21 heavy (non-hydrogen) atoms. The molecule has 1 rings (SSSR count).